The van der Waals surface area contributed by atoms with E-state index in [-0.39, 0.29) is 0 Å². The maximum absolute atomic E-state index is 2.36. The van der Waals surface area contributed by atoms with Gasteiger partial charge in [0.1, 0.15) is 0 Å². The van der Waals surface area contributed by atoms with Gasteiger partial charge in [-0.2, -0.15) is 0 Å². The smallest absolute Gasteiger partial charge is 0.0229 e. The van der Waals surface area contributed by atoms with Crippen molar-refractivity contribution >= 4 is 0 Å². The van der Waals surface area contributed by atoms with Crippen LogP contribution in [0.25, 0.3) is 0 Å². The highest BCUT2D eigenvalue weighted by atomic mass is 14.2. The molecule has 0 spiro atoms. The molecule has 0 aromatic carbocycles. The molecule has 58 valence electrons. The van der Waals surface area contributed by atoms with E-state index in [0.717, 1.165) is 5.92 Å². The molecule has 0 nitrogen and oxygen atoms in total. The number of allylic oxidation sites excluding steroid dienone is 2. The lowest BCUT2D eigenvalue weighted by molar-refractivity contribution is 0.479. The van der Waals surface area contributed by atoms with Gasteiger partial charge in [-0.15, -0.1) is 0 Å². The standard InChI is InChI=1S/C10H18/c1-8(2)10-7-5-4-6-9(10)3/h9H,4-7H2,1-3H3. The lowest BCUT2D eigenvalue weighted by Crippen LogP contribution is -2.07. The Morgan fingerprint density at radius 2 is 2.00 bits per heavy atom. The summed E-state index contributed by atoms with van der Waals surface area (Å²) in [5, 5.41) is 0. The lowest BCUT2D eigenvalue weighted by atomic mass is 9.83. The number of hydrogen-bond donors (Lipinski definition) is 0. The van der Waals surface area contributed by atoms with Crippen molar-refractivity contribution in [2.75, 3.05) is 0 Å². The Hall–Kier alpha value is -0.260. The molecule has 0 heterocycles. The van der Waals surface area contributed by atoms with Gasteiger partial charge in [0.2, 0.25) is 0 Å². The van der Waals surface area contributed by atoms with E-state index in [4.69, 9.17) is 0 Å². The van der Waals surface area contributed by atoms with Crippen LogP contribution in [-0.4, -0.2) is 0 Å². The average molecular weight is 138 g/mol. The second-order valence-corrected chi connectivity index (χ2v) is 3.67. The first-order chi connectivity index (χ1) is 4.72. The molecule has 0 bridgehead atoms. The van der Waals surface area contributed by atoms with E-state index >= 15 is 0 Å². The maximum atomic E-state index is 2.36. The third-order valence-electron chi connectivity index (χ3n) is 2.57. The zero-order chi connectivity index (χ0) is 7.56. The molecule has 1 saturated carbocycles. The minimum atomic E-state index is 0.874. The zero-order valence-electron chi connectivity index (χ0n) is 7.41. The van der Waals surface area contributed by atoms with Crippen molar-refractivity contribution in [3.8, 4) is 0 Å². The highest BCUT2D eigenvalue weighted by molar-refractivity contribution is 5.14. The lowest BCUT2D eigenvalue weighted by Gasteiger charge is -2.23. The third kappa shape index (κ3) is 1.62. The van der Waals surface area contributed by atoms with Crippen LogP contribution in [0.5, 0.6) is 0 Å². The maximum Gasteiger partial charge on any atom is -0.0229 e. The van der Waals surface area contributed by atoms with Crippen molar-refractivity contribution in [3.05, 3.63) is 11.1 Å². The topological polar surface area (TPSA) is 0 Å². The van der Waals surface area contributed by atoms with E-state index in [1.165, 1.54) is 25.7 Å². The van der Waals surface area contributed by atoms with Gasteiger partial charge in [-0.05, 0) is 39.0 Å². The van der Waals surface area contributed by atoms with Crippen LogP contribution >= 0.6 is 0 Å². The molecule has 1 rings (SSSR count). The first-order valence-electron chi connectivity index (χ1n) is 4.38. The van der Waals surface area contributed by atoms with Crippen LogP contribution in [0.4, 0.5) is 0 Å². The van der Waals surface area contributed by atoms with Crippen molar-refractivity contribution < 1.29 is 0 Å². The molecule has 0 aliphatic heterocycles. The van der Waals surface area contributed by atoms with Crippen molar-refractivity contribution in [1.82, 2.24) is 0 Å². The Bertz CT molecular complexity index is 138. The van der Waals surface area contributed by atoms with Crippen molar-refractivity contribution in [1.29, 1.82) is 0 Å². The molecule has 0 radical (unpaired) electrons. The molecule has 0 saturated heterocycles. The molecule has 1 unspecified atom stereocenters. The second-order valence-electron chi connectivity index (χ2n) is 3.67. The Labute approximate surface area is 64.3 Å². The summed E-state index contributed by atoms with van der Waals surface area (Å²) in [4.78, 5) is 0. The van der Waals surface area contributed by atoms with Crippen molar-refractivity contribution in [2.45, 2.75) is 46.5 Å². The Balaban J connectivity index is 2.65. The Morgan fingerprint density at radius 3 is 2.40 bits per heavy atom. The summed E-state index contributed by atoms with van der Waals surface area (Å²) in [5.74, 6) is 0.874. The molecular weight excluding hydrogens is 120 g/mol. The van der Waals surface area contributed by atoms with Crippen LogP contribution in [0.1, 0.15) is 46.5 Å². The fraction of sp³-hybridized carbons (Fsp3) is 0.800. The summed E-state index contributed by atoms with van der Waals surface area (Å²) < 4.78 is 0. The second kappa shape index (κ2) is 3.23. The Morgan fingerprint density at radius 1 is 1.30 bits per heavy atom. The van der Waals surface area contributed by atoms with Crippen LogP contribution in [0, 0.1) is 5.92 Å². The molecule has 1 aliphatic rings. The van der Waals surface area contributed by atoms with E-state index in [1.54, 1.807) is 11.1 Å². The summed E-state index contributed by atoms with van der Waals surface area (Å²) in [5.41, 5.74) is 3.29. The largest absolute Gasteiger partial charge is 0.0770 e. The van der Waals surface area contributed by atoms with Gasteiger partial charge in [0, 0.05) is 0 Å². The SMILES string of the molecule is CC(C)=C1CCCCC1C. The third-order valence-corrected chi connectivity index (χ3v) is 2.57. The highest BCUT2D eigenvalue weighted by Crippen LogP contribution is 2.30. The van der Waals surface area contributed by atoms with E-state index in [0.29, 0.717) is 0 Å². The van der Waals surface area contributed by atoms with Crippen LogP contribution in [0.2, 0.25) is 0 Å². The molecule has 1 aliphatic carbocycles. The monoisotopic (exact) mass is 138 g/mol. The predicted molar refractivity (Wildman–Crippen MR) is 46.0 cm³/mol. The zero-order valence-corrected chi connectivity index (χ0v) is 7.41. The highest BCUT2D eigenvalue weighted by Gasteiger charge is 2.14. The van der Waals surface area contributed by atoms with Crippen LogP contribution in [0.15, 0.2) is 11.1 Å². The summed E-state index contributed by atoms with van der Waals surface area (Å²) in [6.45, 7) is 6.86. The first kappa shape index (κ1) is 7.84. The fourth-order valence-electron chi connectivity index (χ4n) is 1.93. The van der Waals surface area contributed by atoms with E-state index in [1.807, 2.05) is 0 Å². The van der Waals surface area contributed by atoms with Gasteiger partial charge in [0.05, 0.1) is 0 Å². The van der Waals surface area contributed by atoms with E-state index in [9.17, 15) is 0 Å². The van der Waals surface area contributed by atoms with Gasteiger partial charge >= 0.3 is 0 Å². The predicted octanol–water partition coefficient (Wildman–Crippen LogP) is 3.53. The van der Waals surface area contributed by atoms with E-state index in [2.05, 4.69) is 20.8 Å². The minimum Gasteiger partial charge on any atom is -0.0770 e. The van der Waals surface area contributed by atoms with Gasteiger partial charge in [0.25, 0.3) is 0 Å². The minimum absolute atomic E-state index is 0.874. The molecule has 1 atom stereocenters. The van der Waals surface area contributed by atoms with Crippen LogP contribution in [0.3, 0.4) is 0 Å². The first-order valence-corrected chi connectivity index (χ1v) is 4.38. The van der Waals surface area contributed by atoms with Crippen LogP contribution in [-0.2, 0) is 0 Å². The van der Waals surface area contributed by atoms with Crippen molar-refractivity contribution in [3.63, 3.8) is 0 Å². The number of hydrogen-bond acceptors (Lipinski definition) is 0. The summed E-state index contributed by atoms with van der Waals surface area (Å²) in [7, 11) is 0. The molecule has 0 amide bonds. The van der Waals surface area contributed by atoms with Gasteiger partial charge < -0.3 is 0 Å². The molecule has 0 N–H and O–H groups in total. The van der Waals surface area contributed by atoms with E-state index < -0.39 is 0 Å². The molecule has 0 aromatic heterocycles. The normalized spacial score (nSPS) is 26.7. The van der Waals surface area contributed by atoms with Gasteiger partial charge in [-0.25, -0.2) is 0 Å². The fourth-order valence-corrected chi connectivity index (χ4v) is 1.93. The molecule has 1 fully saturated rings. The molecule has 0 heteroatoms. The Kier molecular flexibility index (Phi) is 2.53. The summed E-state index contributed by atoms with van der Waals surface area (Å²) >= 11 is 0. The molecule has 10 heavy (non-hydrogen) atoms. The summed E-state index contributed by atoms with van der Waals surface area (Å²) in [6.07, 6.45) is 5.65. The quantitative estimate of drug-likeness (QED) is 0.449. The summed E-state index contributed by atoms with van der Waals surface area (Å²) in [6, 6.07) is 0. The average Bonchev–Trinajstić information content (AvgIpc) is 1.88. The molecule has 0 aromatic rings. The van der Waals surface area contributed by atoms with Gasteiger partial charge in [-0.1, -0.05) is 24.5 Å². The number of rotatable bonds is 0. The van der Waals surface area contributed by atoms with Gasteiger partial charge in [-0.3, -0.25) is 0 Å². The van der Waals surface area contributed by atoms with Gasteiger partial charge in [0.15, 0.2) is 0 Å². The molecular formula is C10H18. The van der Waals surface area contributed by atoms with Crippen LogP contribution < -0.4 is 0 Å². The van der Waals surface area contributed by atoms with Crippen molar-refractivity contribution in [2.24, 2.45) is 5.92 Å².